The van der Waals surface area contributed by atoms with Gasteiger partial charge in [0.15, 0.2) is 6.29 Å². The highest BCUT2D eigenvalue weighted by Gasteiger charge is 2.29. The van der Waals surface area contributed by atoms with Crippen LogP contribution in [0, 0.1) is 5.92 Å². The molecule has 0 radical (unpaired) electrons. The molecule has 2 aromatic rings. The van der Waals surface area contributed by atoms with Crippen LogP contribution in [0.25, 0.3) is 5.57 Å². The third-order valence-electron chi connectivity index (χ3n) is 5.78. The van der Waals surface area contributed by atoms with Gasteiger partial charge < -0.3 is 24.4 Å². The van der Waals surface area contributed by atoms with E-state index in [1.165, 1.54) is 7.11 Å². The SMILES string of the molecule is COCCN(C)c1nc(C2=CCC(C(O)OC)C=C2)c2c(n1)N(c1ccncc1)CC2. The van der Waals surface area contributed by atoms with Crippen molar-refractivity contribution in [1.82, 2.24) is 15.0 Å². The first-order valence-electron chi connectivity index (χ1n) is 10.5. The average molecular weight is 424 g/mol. The summed E-state index contributed by atoms with van der Waals surface area (Å²) in [6.07, 6.45) is 10.5. The Labute approximate surface area is 182 Å². The second-order valence-corrected chi connectivity index (χ2v) is 7.74. The number of nitrogens with zero attached hydrogens (tertiary/aromatic N) is 5. The molecule has 0 aromatic carbocycles. The first-order valence-corrected chi connectivity index (χ1v) is 10.5. The molecular weight excluding hydrogens is 394 g/mol. The molecule has 1 aliphatic heterocycles. The van der Waals surface area contributed by atoms with E-state index in [1.807, 2.05) is 36.2 Å². The molecule has 1 aliphatic carbocycles. The molecule has 2 atom stereocenters. The lowest BCUT2D eigenvalue weighted by molar-refractivity contribution is -0.0996. The number of ether oxygens (including phenoxy) is 2. The fraction of sp³-hybridized carbons (Fsp3) is 0.435. The first kappa shape index (κ1) is 21.4. The molecule has 2 aliphatic rings. The Morgan fingerprint density at radius 3 is 2.74 bits per heavy atom. The van der Waals surface area contributed by atoms with Crippen LogP contribution in [-0.2, 0) is 15.9 Å². The van der Waals surface area contributed by atoms with Crippen LogP contribution in [0.2, 0.25) is 0 Å². The molecule has 2 unspecified atom stereocenters. The van der Waals surface area contributed by atoms with Gasteiger partial charge in [-0.15, -0.1) is 0 Å². The Hall–Kier alpha value is -2.81. The van der Waals surface area contributed by atoms with Crippen LogP contribution in [-0.4, -0.2) is 67.3 Å². The Bertz CT molecular complexity index is 963. The fourth-order valence-electron chi connectivity index (χ4n) is 3.96. The number of anilines is 3. The maximum atomic E-state index is 10.00. The monoisotopic (exact) mass is 423 g/mol. The van der Waals surface area contributed by atoms with Crippen LogP contribution in [0.1, 0.15) is 17.7 Å². The van der Waals surface area contributed by atoms with E-state index in [1.54, 1.807) is 19.5 Å². The summed E-state index contributed by atoms with van der Waals surface area (Å²) in [4.78, 5) is 18.3. The molecule has 3 heterocycles. The predicted molar refractivity (Wildman–Crippen MR) is 120 cm³/mol. The second kappa shape index (κ2) is 9.55. The number of likely N-dealkylation sites (N-methyl/N-ethyl adjacent to an activating group) is 1. The number of methoxy groups -OCH3 is 2. The molecule has 0 saturated carbocycles. The number of aliphatic hydroxyl groups excluding tert-OH is 1. The quantitative estimate of drug-likeness (QED) is 0.649. The second-order valence-electron chi connectivity index (χ2n) is 7.74. The van der Waals surface area contributed by atoms with Gasteiger partial charge in [0.2, 0.25) is 5.95 Å². The highest BCUT2D eigenvalue weighted by molar-refractivity contribution is 5.80. The lowest BCUT2D eigenvalue weighted by Gasteiger charge is -2.24. The molecule has 2 aromatic heterocycles. The van der Waals surface area contributed by atoms with Crippen molar-refractivity contribution in [2.75, 3.05) is 50.8 Å². The molecule has 0 spiro atoms. The Balaban J connectivity index is 1.73. The van der Waals surface area contributed by atoms with Gasteiger partial charge in [-0.25, -0.2) is 4.98 Å². The molecule has 31 heavy (non-hydrogen) atoms. The number of fused-ring (bicyclic) bond motifs is 1. The van der Waals surface area contributed by atoms with Gasteiger partial charge >= 0.3 is 0 Å². The summed E-state index contributed by atoms with van der Waals surface area (Å²) >= 11 is 0. The topological polar surface area (TPSA) is 83.8 Å². The molecule has 4 rings (SSSR count). The summed E-state index contributed by atoms with van der Waals surface area (Å²) in [6.45, 7) is 2.13. The molecular formula is C23H29N5O3. The van der Waals surface area contributed by atoms with E-state index in [9.17, 15) is 5.11 Å². The van der Waals surface area contributed by atoms with Gasteiger partial charge in [0.1, 0.15) is 5.82 Å². The zero-order valence-corrected chi connectivity index (χ0v) is 18.2. The van der Waals surface area contributed by atoms with Crippen molar-refractivity contribution >= 4 is 23.0 Å². The average Bonchev–Trinajstić information content (AvgIpc) is 3.26. The van der Waals surface area contributed by atoms with E-state index in [4.69, 9.17) is 19.4 Å². The van der Waals surface area contributed by atoms with Crippen molar-refractivity contribution in [2.24, 2.45) is 5.92 Å². The number of allylic oxidation sites excluding steroid dienone is 3. The van der Waals surface area contributed by atoms with Crippen molar-refractivity contribution in [2.45, 2.75) is 19.1 Å². The third-order valence-corrected chi connectivity index (χ3v) is 5.78. The molecule has 0 bridgehead atoms. The molecule has 1 N–H and O–H groups in total. The Morgan fingerprint density at radius 2 is 2.06 bits per heavy atom. The van der Waals surface area contributed by atoms with E-state index < -0.39 is 6.29 Å². The van der Waals surface area contributed by atoms with Crippen LogP contribution < -0.4 is 9.80 Å². The van der Waals surface area contributed by atoms with E-state index in [-0.39, 0.29) is 5.92 Å². The van der Waals surface area contributed by atoms with Crippen LogP contribution in [0.3, 0.4) is 0 Å². The minimum absolute atomic E-state index is 0.0548. The van der Waals surface area contributed by atoms with Gasteiger partial charge in [-0.2, -0.15) is 4.98 Å². The van der Waals surface area contributed by atoms with Crippen LogP contribution >= 0.6 is 0 Å². The maximum Gasteiger partial charge on any atom is 0.227 e. The van der Waals surface area contributed by atoms with Crippen molar-refractivity contribution in [1.29, 1.82) is 0 Å². The zero-order valence-electron chi connectivity index (χ0n) is 18.2. The van der Waals surface area contributed by atoms with Crippen molar-refractivity contribution in [3.8, 4) is 0 Å². The molecule has 0 amide bonds. The molecule has 164 valence electrons. The van der Waals surface area contributed by atoms with E-state index >= 15 is 0 Å². The maximum absolute atomic E-state index is 10.00. The van der Waals surface area contributed by atoms with Gasteiger partial charge in [0.25, 0.3) is 0 Å². The van der Waals surface area contributed by atoms with Gasteiger partial charge in [0, 0.05) is 63.9 Å². The highest BCUT2D eigenvalue weighted by atomic mass is 16.6. The largest absolute Gasteiger partial charge is 0.383 e. The van der Waals surface area contributed by atoms with Crippen molar-refractivity contribution in [3.63, 3.8) is 0 Å². The van der Waals surface area contributed by atoms with Crippen LogP contribution in [0.15, 0.2) is 42.8 Å². The zero-order chi connectivity index (χ0) is 21.8. The number of pyridine rings is 1. The highest BCUT2D eigenvalue weighted by Crippen LogP contribution is 2.38. The van der Waals surface area contributed by atoms with Crippen LogP contribution in [0.4, 0.5) is 17.5 Å². The van der Waals surface area contributed by atoms with Crippen molar-refractivity contribution in [3.05, 3.63) is 54.0 Å². The summed E-state index contributed by atoms with van der Waals surface area (Å²) in [5.74, 6) is 1.55. The molecule has 8 heteroatoms. The standard InChI is InChI=1S/C23H29N5O3/c1-27(14-15-30-2)23-25-20(16-4-6-17(7-5-16)22(29)31-3)19-10-13-28(21(19)26-23)18-8-11-24-12-9-18/h4-6,8-9,11-12,17,22,29H,7,10,13-15H2,1-3H3. The van der Waals surface area contributed by atoms with E-state index in [0.717, 1.165) is 41.3 Å². The number of aromatic nitrogens is 3. The number of hydrogen-bond donors (Lipinski definition) is 1. The van der Waals surface area contributed by atoms with Crippen molar-refractivity contribution < 1.29 is 14.6 Å². The van der Waals surface area contributed by atoms with Gasteiger partial charge in [-0.05, 0) is 30.5 Å². The summed E-state index contributed by atoms with van der Waals surface area (Å²) in [5.41, 5.74) is 4.21. The lowest BCUT2D eigenvalue weighted by atomic mass is 9.93. The van der Waals surface area contributed by atoms with E-state index in [0.29, 0.717) is 25.5 Å². The Kier molecular flexibility index (Phi) is 6.60. The summed E-state index contributed by atoms with van der Waals surface area (Å²) < 4.78 is 10.3. The first-order chi connectivity index (χ1) is 15.1. The summed E-state index contributed by atoms with van der Waals surface area (Å²) in [6, 6.07) is 4.00. The normalized spacial score (nSPS) is 18.6. The minimum Gasteiger partial charge on any atom is -0.383 e. The fourth-order valence-corrected chi connectivity index (χ4v) is 3.96. The number of aliphatic hydroxyl groups is 1. The Morgan fingerprint density at radius 1 is 1.26 bits per heavy atom. The number of rotatable bonds is 8. The third kappa shape index (κ3) is 4.46. The minimum atomic E-state index is -0.803. The van der Waals surface area contributed by atoms with Gasteiger partial charge in [-0.3, -0.25) is 4.98 Å². The smallest absolute Gasteiger partial charge is 0.227 e. The summed E-state index contributed by atoms with van der Waals surface area (Å²) in [7, 11) is 5.19. The van der Waals surface area contributed by atoms with Gasteiger partial charge in [-0.1, -0.05) is 18.2 Å². The lowest BCUT2D eigenvalue weighted by Crippen LogP contribution is -2.25. The predicted octanol–water partition coefficient (Wildman–Crippen LogP) is 2.57. The van der Waals surface area contributed by atoms with Crippen LogP contribution in [0.5, 0.6) is 0 Å². The summed E-state index contributed by atoms with van der Waals surface area (Å²) in [5, 5.41) is 10.00. The van der Waals surface area contributed by atoms with E-state index in [2.05, 4.69) is 16.0 Å². The molecule has 0 saturated heterocycles. The molecule has 8 nitrogen and oxygen atoms in total. The molecule has 0 fully saturated rings. The van der Waals surface area contributed by atoms with Gasteiger partial charge in [0.05, 0.1) is 12.3 Å². The number of hydrogen-bond acceptors (Lipinski definition) is 8.